The van der Waals surface area contributed by atoms with Crippen LogP contribution in [0.5, 0.6) is 5.75 Å². The zero-order valence-electron chi connectivity index (χ0n) is 17.5. The van der Waals surface area contributed by atoms with Crippen LogP contribution in [0.2, 0.25) is 0 Å². The number of methoxy groups -OCH3 is 1. The second kappa shape index (κ2) is 7.99. The van der Waals surface area contributed by atoms with Crippen molar-refractivity contribution in [2.24, 2.45) is 11.8 Å². The lowest BCUT2D eigenvalue weighted by atomic mass is 10.1. The number of nitrogens with one attached hydrogen (secondary N) is 1. The highest BCUT2D eigenvalue weighted by atomic mass is 19.1. The summed E-state index contributed by atoms with van der Waals surface area (Å²) >= 11 is 0. The minimum Gasteiger partial charge on any atom is -0.497 e. The molecule has 0 unspecified atom stereocenters. The molecule has 158 valence electrons. The van der Waals surface area contributed by atoms with Crippen LogP contribution in [0.1, 0.15) is 26.7 Å². The molecular formula is C23H27FN4O2. The Balaban J connectivity index is 1.73. The number of ether oxygens (including phenoxy) is 1. The SMILES string of the molecule is COc1ccc2c(F)c(-c3ccc(N(N)C(=O)NC(C)C)cc3)n(CC3CC3)c2c1. The number of anilines is 1. The van der Waals surface area contributed by atoms with E-state index in [4.69, 9.17) is 10.6 Å². The monoisotopic (exact) mass is 410 g/mol. The van der Waals surface area contributed by atoms with Crippen molar-refractivity contribution < 1.29 is 13.9 Å². The third kappa shape index (κ3) is 3.85. The van der Waals surface area contributed by atoms with Crippen LogP contribution in [-0.4, -0.2) is 23.7 Å². The molecule has 3 N–H and O–H groups in total. The van der Waals surface area contributed by atoms with Gasteiger partial charge < -0.3 is 14.6 Å². The fourth-order valence-corrected chi connectivity index (χ4v) is 3.66. The maximum Gasteiger partial charge on any atom is 0.336 e. The van der Waals surface area contributed by atoms with Gasteiger partial charge in [0.15, 0.2) is 5.82 Å². The number of hydrogen-bond donors (Lipinski definition) is 2. The van der Waals surface area contributed by atoms with E-state index >= 15 is 4.39 Å². The Morgan fingerprint density at radius 1 is 1.27 bits per heavy atom. The molecule has 0 saturated heterocycles. The molecule has 3 aromatic rings. The van der Waals surface area contributed by atoms with Gasteiger partial charge in [0.05, 0.1) is 24.0 Å². The van der Waals surface area contributed by atoms with Gasteiger partial charge in [-0.2, -0.15) is 0 Å². The van der Waals surface area contributed by atoms with Crippen molar-refractivity contribution >= 4 is 22.6 Å². The fourth-order valence-electron chi connectivity index (χ4n) is 3.66. The average molecular weight is 410 g/mol. The summed E-state index contributed by atoms with van der Waals surface area (Å²) in [4.78, 5) is 12.1. The number of rotatable bonds is 6. The molecule has 1 aromatic heterocycles. The number of amides is 2. The maximum atomic E-state index is 15.5. The van der Waals surface area contributed by atoms with Crippen LogP contribution < -0.4 is 20.9 Å². The van der Waals surface area contributed by atoms with Crippen molar-refractivity contribution in [3.8, 4) is 17.0 Å². The standard InChI is InChI=1S/C23H27FN4O2/c1-14(2)26-23(29)28(25)17-8-6-16(7-9-17)22-21(24)19-11-10-18(30-3)12-20(19)27(22)13-15-4-5-15/h6-12,14-15H,4-5,13,25H2,1-3H3,(H,26,29). The highest BCUT2D eigenvalue weighted by Gasteiger charge is 2.27. The van der Waals surface area contributed by atoms with E-state index < -0.39 is 0 Å². The normalized spacial score (nSPS) is 13.7. The molecule has 7 heteroatoms. The summed E-state index contributed by atoms with van der Waals surface area (Å²) in [6, 6.07) is 12.1. The van der Waals surface area contributed by atoms with Gasteiger partial charge in [0.25, 0.3) is 0 Å². The second-order valence-corrected chi connectivity index (χ2v) is 8.12. The maximum absolute atomic E-state index is 15.5. The lowest BCUT2D eigenvalue weighted by Crippen LogP contribution is -2.47. The molecule has 0 spiro atoms. The largest absolute Gasteiger partial charge is 0.497 e. The van der Waals surface area contributed by atoms with E-state index in [0.717, 1.165) is 35.5 Å². The number of carbonyl (C=O) groups is 1. The predicted octanol–water partition coefficient (Wildman–Crippen LogP) is 4.66. The quantitative estimate of drug-likeness (QED) is 0.353. The van der Waals surface area contributed by atoms with Crippen LogP contribution in [0.15, 0.2) is 42.5 Å². The summed E-state index contributed by atoms with van der Waals surface area (Å²) in [7, 11) is 1.61. The zero-order valence-corrected chi connectivity index (χ0v) is 17.5. The first-order valence-corrected chi connectivity index (χ1v) is 10.2. The van der Waals surface area contributed by atoms with Gasteiger partial charge in [0.2, 0.25) is 0 Å². The van der Waals surface area contributed by atoms with Crippen LogP contribution in [0.25, 0.3) is 22.2 Å². The van der Waals surface area contributed by atoms with Crippen molar-refractivity contribution in [3.05, 3.63) is 48.3 Å². The summed E-state index contributed by atoms with van der Waals surface area (Å²) < 4.78 is 22.9. The van der Waals surface area contributed by atoms with Gasteiger partial charge in [-0.1, -0.05) is 12.1 Å². The number of urea groups is 1. The first-order chi connectivity index (χ1) is 14.4. The van der Waals surface area contributed by atoms with Gasteiger partial charge in [-0.25, -0.2) is 20.0 Å². The predicted molar refractivity (Wildman–Crippen MR) is 117 cm³/mol. The Labute approximate surface area is 175 Å². The van der Waals surface area contributed by atoms with Gasteiger partial charge in [-0.05, 0) is 56.9 Å². The number of aromatic nitrogens is 1. The third-order valence-corrected chi connectivity index (χ3v) is 5.40. The van der Waals surface area contributed by atoms with Crippen LogP contribution in [0, 0.1) is 11.7 Å². The van der Waals surface area contributed by atoms with Crippen LogP contribution in [-0.2, 0) is 6.54 Å². The molecule has 4 rings (SSSR count). The van der Waals surface area contributed by atoms with E-state index in [-0.39, 0.29) is 17.9 Å². The number of carbonyl (C=O) groups excluding carboxylic acids is 1. The number of fused-ring (bicyclic) bond motifs is 1. The molecule has 1 heterocycles. The number of nitrogens with two attached hydrogens (primary N) is 1. The highest BCUT2D eigenvalue weighted by Crippen LogP contribution is 2.39. The molecule has 0 aliphatic heterocycles. The van der Waals surface area contributed by atoms with E-state index in [1.165, 1.54) is 0 Å². The number of nitrogens with zero attached hydrogens (tertiary/aromatic N) is 2. The van der Waals surface area contributed by atoms with Crippen molar-refractivity contribution in [2.45, 2.75) is 39.3 Å². The first-order valence-electron chi connectivity index (χ1n) is 10.2. The third-order valence-electron chi connectivity index (χ3n) is 5.40. The van der Waals surface area contributed by atoms with Gasteiger partial charge >= 0.3 is 6.03 Å². The summed E-state index contributed by atoms with van der Waals surface area (Å²) in [6.45, 7) is 4.50. The Bertz CT molecular complexity index is 1070. The van der Waals surface area contributed by atoms with Gasteiger partial charge in [-0.3, -0.25) is 0 Å². The lowest BCUT2D eigenvalue weighted by Gasteiger charge is -2.19. The van der Waals surface area contributed by atoms with Gasteiger partial charge in [0.1, 0.15) is 5.75 Å². The molecule has 1 aliphatic carbocycles. The number of benzene rings is 2. The Morgan fingerprint density at radius 2 is 1.97 bits per heavy atom. The van der Waals surface area contributed by atoms with Crippen molar-refractivity contribution in [1.82, 2.24) is 9.88 Å². The van der Waals surface area contributed by atoms with Crippen molar-refractivity contribution in [3.63, 3.8) is 0 Å². The van der Waals surface area contributed by atoms with Gasteiger partial charge in [0, 0.05) is 29.6 Å². The summed E-state index contributed by atoms with van der Waals surface area (Å²) in [5.41, 5.74) is 2.65. The van der Waals surface area contributed by atoms with Crippen molar-refractivity contribution in [1.29, 1.82) is 0 Å². The Kier molecular flexibility index (Phi) is 5.39. The number of hydrazine groups is 1. The van der Waals surface area contributed by atoms with E-state index in [1.807, 2.05) is 24.5 Å². The molecule has 2 amide bonds. The highest BCUT2D eigenvalue weighted by molar-refractivity contribution is 5.92. The molecule has 30 heavy (non-hydrogen) atoms. The van der Waals surface area contributed by atoms with Crippen LogP contribution in [0.4, 0.5) is 14.9 Å². The molecule has 0 bridgehead atoms. The molecule has 6 nitrogen and oxygen atoms in total. The molecule has 2 aromatic carbocycles. The second-order valence-electron chi connectivity index (χ2n) is 8.12. The molecule has 1 aliphatic rings. The van der Waals surface area contributed by atoms with Crippen molar-refractivity contribution in [2.75, 3.05) is 12.1 Å². The molecule has 0 radical (unpaired) electrons. The Morgan fingerprint density at radius 3 is 2.57 bits per heavy atom. The van der Waals surface area contributed by atoms with E-state index in [0.29, 0.717) is 28.4 Å². The fraction of sp³-hybridized carbons (Fsp3) is 0.348. The smallest absolute Gasteiger partial charge is 0.336 e. The summed E-state index contributed by atoms with van der Waals surface area (Å²) in [5.74, 6) is 6.96. The minimum absolute atomic E-state index is 0.0213. The molecule has 1 saturated carbocycles. The zero-order chi connectivity index (χ0) is 21.4. The lowest BCUT2D eigenvalue weighted by molar-refractivity contribution is 0.244. The van der Waals surface area contributed by atoms with Crippen LogP contribution in [0.3, 0.4) is 0 Å². The summed E-state index contributed by atoms with van der Waals surface area (Å²) in [5, 5.41) is 4.39. The van der Waals surface area contributed by atoms with Gasteiger partial charge in [-0.15, -0.1) is 0 Å². The molecular weight excluding hydrogens is 383 g/mol. The van der Waals surface area contributed by atoms with Crippen LogP contribution >= 0.6 is 0 Å². The number of halogens is 1. The van der Waals surface area contributed by atoms with E-state index in [2.05, 4.69) is 5.32 Å². The number of hydrogen-bond acceptors (Lipinski definition) is 3. The molecule has 1 fully saturated rings. The first kappa shape index (κ1) is 20.2. The average Bonchev–Trinajstić information content (AvgIpc) is 3.51. The topological polar surface area (TPSA) is 72.5 Å². The Hall–Kier alpha value is -3.06. The summed E-state index contributed by atoms with van der Waals surface area (Å²) in [6.07, 6.45) is 2.33. The van der Waals surface area contributed by atoms with E-state index in [9.17, 15) is 4.79 Å². The van der Waals surface area contributed by atoms with E-state index in [1.54, 1.807) is 43.5 Å². The molecule has 0 atom stereocenters. The minimum atomic E-state index is -0.390.